The largest absolute Gasteiger partial charge is 0.490 e. The Hall–Kier alpha value is -2.66. The Morgan fingerprint density at radius 3 is 2.77 bits per heavy atom. The molecule has 0 radical (unpaired) electrons. The lowest BCUT2D eigenvalue weighted by molar-refractivity contribution is -0.192. The summed E-state index contributed by atoms with van der Waals surface area (Å²) >= 11 is 0. The van der Waals surface area contributed by atoms with Crippen LogP contribution in [0.5, 0.6) is 5.88 Å². The van der Waals surface area contributed by atoms with Crippen LogP contribution in [-0.4, -0.2) is 60.0 Å². The van der Waals surface area contributed by atoms with Gasteiger partial charge in [-0.25, -0.2) is 14.2 Å². The maximum Gasteiger partial charge on any atom is 0.490 e. The number of likely N-dealkylation sites (tertiary alicyclic amines) is 1. The molecule has 2 aliphatic heterocycles. The van der Waals surface area contributed by atoms with Crippen molar-refractivity contribution >= 4 is 5.97 Å². The fraction of sp³-hybridized carbons (Fsp3) is 0.474. The molecule has 0 saturated carbocycles. The molecule has 2 aliphatic rings. The molecular formula is C19H20F4N2O5. The minimum atomic E-state index is -5.08. The van der Waals surface area contributed by atoms with E-state index in [1.165, 1.54) is 12.3 Å². The van der Waals surface area contributed by atoms with Gasteiger partial charge in [0.05, 0.1) is 32.6 Å². The van der Waals surface area contributed by atoms with Crippen molar-refractivity contribution in [3.63, 3.8) is 0 Å². The summed E-state index contributed by atoms with van der Waals surface area (Å²) in [7, 11) is 0. The highest BCUT2D eigenvalue weighted by Crippen LogP contribution is 2.42. The number of hydrogen-bond donors (Lipinski definition) is 1. The van der Waals surface area contributed by atoms with Gasteiger partial charge in [-0.3, -0.25) is 4.90 Å². The molecule has 0 spiro atoms. The average Bonchev–Trinajstić information content (AvgIpc) is 3.37. The molecule has 4 heterocycles. The lowest BCUT2D eigenvalue weighted by Crippen LogP contribution is -2.37. The van der Waals surface area contributed by atoms with Gasteiger partial charge in [0.2, 0.25) is 5.88 Å². The smallest absolute Gasteiger partial charge is 0.475 e. The van der Waals surface area contributed by atoms with Gasteiger partial charge < -0.3 is 19.0 Å². The zero-order chi connectivity index (χ0) is 21.8. The number of carboxylic acids is 1. The van der Waals surface area contributed by atoms with E-state index in [1.54, 1.807) is 12.3 Å². The Morgan fingerprint density at radius 1 is 1.37 bits per heavy atom. The van der Waals surface area contributed by atoms with Crippen LogP contribution in [0.25, 0.3) is 0 Å². The average molecular weight is 432 g/mol. The number of furan rings is 1. The maximum absolute atomic E-state index is 13.7. The number of halogens is 4. The molecule has 1 N–H and O–H groups in total. The second kappa shape index (κ2) is 9.00. The van der Waals surface area contributed by atoms with E-state index in [1.807, 2.05) is 12.1 Å². The number of hydrogen-bond acceptors (Lipinski definition) is 6. The molecule has 0 aliphatic carbocycles. The second-order valence-corrected chi connectivity index (χ2v) is 7.21. The lowest BCUT2D eigenvalue weighted by Gasteiger charge is -2.26. The monoisotopic (exact) mass is 432 g/mol. The van der Waals surface area contributed by atoms with E-state index in [-0.39, 0.29) is 11.3 Å². The van der Waals surface area contributed by atoms with E-state index in [0.717, 1.165) is 32.0 Å². The van der Waals surface area contributed by atoms with Gasteiger partial charge in [-0.05, 0) is 24.3 Å². The van der Waals surface area contributed by atoms with Crippen molar-refractivity contribution in [2.75, 3.05) is 32.9 Å². The molecule has 0 aromatic carbocycles. The lowest BCUT2D eigenvalue weighted by atomic mass is 9.82. The van der Waals surface area contributed by atoms with E-state index < -0.39 is 18.0 Å². The fourth-order valence-corrected chi connectivity index (χ4v) is 3.58. The summed E-state index contributed by atoms with van der Waals surface area (Å²) in [5.41, 5.74) is -0.101. The van der Waals surface area contributed by atoms with Crippen molar-refractivity contribution in [2.24, 2.45) is 11.3 Å². The predicted octanol–water partition coefficient (Wildman–Crippen LogP) is 2.97. The first kappa shape index (κ1) is 22.0. The van der Waals surface area contributed by atoms with Gasteiger partial charge in [0.1, 0.15) is 5.76 Å². The number of aliphatic carboxylic acids is 1. The molecule has 7 nitrogen and oxygen atoms in total. The summed E-state index contributed by atoms with van der Waals surface area (Å²) in [5, 5.41) is 7.12. The fourth-order valence-electron chi connectivity index (χ4n) is 3.58. The van der Waals surface area contributed by atoms with Crippen molar-refractivity contribution in [3.8, 4) is 5.88 Å². The van der Waals surface area contributed by atoms with Crippen LogP contribution in [0.1, 0.15) is 5.76 Å². The number of carbonyl (C=O) groups is 1. The Labute approximate surface area is 169 Å². The molecule has 164 valence electrons. The van der Waals surface area contributed by atoms with E-state index in [4.69, 9.17) is 23.8 Å². The maximum atomic E-state index is 13.7. The summed E-state index contributed by atoms with van der Waals surface area (Å²) in [6.07, 6.45) is -1.85. The highest BCUT2D eigenvalue weighted by Gasteiger charge is 2.51. The third-order valence-corrected chi connectivity index (χ3v) is 5.01. The summed E-state index contributed by atoms with van der Waals surface area (Å²) in [6, 6.07) is 6.80. The number of fused-ring (bicyclic) bond motifs is 1. The molecule has 11 heteroatoms. The van der Waals surface area contributed by atoms with Gasteiger partial charge in [-0.1, -0.05) is 0 Å². The van der Waals surface area contributed by atoms with Crippen molar-refractivity contribution in [2.45, 2.75) is 12.7 Å². The zero-order valence-corrected chi connectivity index (χ0v) is 15.8. The summed E-state index contributed by atoms with van der Waals surface area (Å²) < 4.78 is 62.2. The third-order valence-electron chi connectivity index (χ3n) is 5.01. The van der Waals surface area contributed by atoms with Gasteiger partial charge in [-0.15, -0.1) is 0 Å². The molecule has 30 heavy (non-hydrogen) atoms. The molecule has 2 aromatic heterocycles. The molecule has 0 unspecified atom stereocenters. The van der Waals surface area contributed by atoms with Crippen molar-refractivity contribution < 1.29 is 41.4 Å². The van der Waals surface area contributed by atoms with Crippen LogP contribution in [0.3, 0.4) is 0 Å². The normalized spacial score (nSPS) is 23.5. The number of rotatable bonds is 5. The second-order valence-electron chi connectivity index (χ2n) is 7.21. The standard InChI is InChI=1S/C17H19FN2O3.C2HF3O2/c18-15-4-1-5-19-16(15)23-12-17-10-20(7-13(17)9-21-11-17)8-14-3-2-6-22-14;3-2(4,5)1(6)7/h1-6,13H,7-12H2;(H,6,7)/t13-,17+;/m1./s1. The SMILES string of the molecule is Fc1cccnc1OC[C@]12COC[C@H]1CN(Cc1ccco1)C2.O=C(O)C(F)(F)F. The minimum absolute atomic E-state index is 0.0667. The van der Waals surface area contributed by atoms with Gasteiger partial charge >= 0.3 is 12.1 Å². The van der Waals surface area contributed by atoms with Crippen LogP contribution in [0.15, 0.2) is 41.1 Å². The molecular weight excluding hydrogens is 412 g/mol. The van der Waals surface area contributed by atoms with Crippen LogP contribution < -0.4 is 4.74 Å². The number of ether oxygens (including phenoxy) is 2. The topological polar surface area (TPSA) is 85.0 Å². The summed E-state index contributed by atoms with van der Waals surface area (Å²) in [5.74, 6) is -1.77. The van der Waals surface area contributed by atoms with E-state index in [2.05, 4.69) is 9.88 Å². The number of pyridine rings is 1. The first-order chi connectivity index (χ1) is 14.2. The van der Waals surface area contributed by atoms with Gasteiger partial charge in [0.25, 0.3) is 0 Å². The summed E-state index contributed by atoms with van der Waals surface area (Å²) in [6.45, 7) is 4.36. The minimum Gasteiger partial charge on any atom is -0.475 e. The van der Waals surface area contributed by atoms with Crippen LogP contribution >= 0.6 is 0 Å². The van der Waals surface area contributed by atoms with E-state index >= 15 is 0 Å². The molecule has 4 rings (SSSR count). The van der Waals surface area contributed by atoms with Crippen LogP contribution in [-0.2, 0) is 16.1 Å². The van der Waals surface area contributed by atoms with Crippen LogP contribution in [0.4, 0.5) is 17.6 Å². The van der Waals surface area contributed by atoms with Crippen molar-refractivity contribution in [1.82, 2.24) is 9.88 Å². The van der Waals surface area contributed by atoms with E-state index in [0.29, 0.717) is 19.1 Å². The molecule has 2 atom stereocenters. The first-order valence-electron chi connectivity index (χ1n) is 9.05. The highest BCUT2D eigenvalue weighted by atomic mass is 19.4. The van der Waals surface area contributed by atoms with Crippen molar-refractivity contribution in [3.05, 3.63) is 48.3 Å². The first-order valence-corrected chi connectivity index (χ1v) is 9.05. The van der Waals surface area contributed by atoms with Crippen molar-refractivity contribution in [1.29, 1.82) is 0 Å². The third kappa shape index (κ3) is 5.28. The Kier molecular flexibility index (Phi) is 6.61. The number of carboxylic acid groups (broad SMARTS) is 1. The molecule has 2 saturated heterocycles. The Morgan fingerprint density at radius 2 is 2.13 bits per heavy atom. The number of alkyl halides is 3. The molecule has 0 bridgehead atoms. The quantitative estimate of drug-likeness (QED) is 0.727. The zero-order valence-electron chi connectivity index (χ0n) is 15.8. The number of nitrogens with zero attached hydrogens (tertiary/aromatic N) is 2. The number of aromatic nitrogens is 1. The van der Waals surface area contributed by atoms with Gasteiger partial charge in [0.15, 0.2) is 5.82 Å². The molecule has 2 fully saturated rings. The van der Waals surface area contributed by atoms with Gasteiger partial charge in [0, 0.05) is 30.6 Å². The van der Waals surface area contributed by atoms with Gasteiger partial charge in [-0.2, -0.15) is 13.2 Å². The highest BCUT2D eigenvalue weighted by molar-refractivity contribution is 5.73. The van der Waals surface area contributed by atoms with Crippen LogP contribution in [0.2, 0.25) is 0 Å². The Bertz CT molecular complexity index is 846. The van der Waals surface area contributed by atoms with E-state index in [9.17, 15) is 17.6 Å². The van der Waals surface area contributed by atoms with Crippen LogP contribution in [0, 0.1) is 17.2 Å². The molecule has 2 aromatic rings. The Balaban J connectivity index is 0.000000318. The predicted molar refractivity (Wildman–Crippen MR) is 94.1 cm³/mol. The summed E-state index contributed by atoms with van der Waals surface area (Å²) in [4.78, 5) is 15.2. The molecule has 0 amide bonds.